The minimum Gasteiger partial charge on any atom is -0.444 e. The molecule has 2 unspecified atom stereocenters. The van der Waals surface area contributed by atoms with Crippen molar-refractivity contribution in [2.24, 2.45) is 0 Å². The van der Waals surface area contributed by atoms with Crippen molar-refractivity contribution in [2.45, 2.75) is 83.1 Å². The summed E-state index contributed by atoms with van der Waals surface area (Å²) in [6, 6.07) is 12.5. The first kappa shape index (κ1) is 19.3. The predicted octanol–water partition coefficient (Wildman–Crippen LogP) is 5.29. The Morgan fingerprint density at radius 1 is 1.11 bits per heavy atom. The lowest BCUT2D eigenvalue weighted by Crippen LogP contribution is -2.59. The summed E-state index contributed by atoms with van der Waals surface area (Å²) >= 11 is 0. The third kappa shape index (κ3) is 3.39. The molecule has 4 heteroatoms. The summed E-state index contributed by atoms with van der Waals surface area (Å²) < 4.78 is 5.69. The molecule has 1 amide bonds. The number of aryl methyl sites for hydroxylation is 1. The van der Waals surface area contributed by atoms with Crippen LogP contribution in [0.3, 0.4) is 0 Å². The Bertz CT molecular complexity index is 884. The fourth-order valence-corrected chi connectivity index (χ4v) is 5.24. The van der Waals surface area contributed by atoms with Crippen LogP contribution in [-0.2, 0) is 10.3 Å². The predicted molar refractivity (Wildman–Crippen MR) is 111 cm³/mol. The second-order valence-corrected chi connectivity index (χ2v) is 9.54. The normalized spacial score (nSPS) is 27.7. The van der Waals surface area contributed by atoms with Gasteiger partial charge in [-0.1, -0.05) is 36.4 Å². The van der Waals surface area contributed by atoms with E-state index in [9.17, 15) is 9.90 Å². The van der Waals surface area contributed by atoms with Gasteiger partial charge in [0.1, 0.15) is 5.60 Å². The fraction of sp³-hybridized carbons (Fsp3) is 0.542. The maximum absolute atomic E-state index is 12.9. The van der Waals surface area contributed by atoms with Crippen molar-refractivity contribution in [1.29, 1.82) is 0 Å². The number of rotatable bonds is 1. The number of nitrogens with zero attached hydrogens (tertiary/aromatic N) is 1. The van der Waals surface area contributed by atoms with Gasteiger partial charge in [-0.3, -0.25) is 0 Å². The lowest BCUT2D eigenvalue weighted by atomic mass is 9.70. The Hall–Kier alpha value is -2.07. The molecule has 0 aromatic heterocycles. The highest BCUT2D eigenvalue weighted by Gasteiger charge is 2.49. The number of amides is 1. The number of piperidine rings is 2. The van der Waals surface area contributed by atoms with E-state index in [1.54, 1.807) is 0 Å². The molecular weight excluding hydrogens is 350 g/mol. The van der Waals surface area contributed by atoms with Crippen LogP contribution in [0.1, 0.15) is 64.0 Å². The molecule has 28 heavy (non-hydrogen) atoms. The third-order valence-electron chi connectivity index (χ3n) is 6.22. The molecule has 2 atom stereocenters. The first-order chi connectivity index (χ1) is 13.2. The zero-order chi connectivity index (χ0) is 20.1. The van der Waals surface area contributed by atoms with Gasteiger partial charge in [0.15, 0.2) is 0 Å². The first-order valence-electron chi connectivity index (χ1n) is 10.4. The molecule has 4 rings (SSSR count). The Balaban J connectivity index is 1.71. The molecule has 2 bridgehead atoms. The number of carbonyl (C=O) groups excluding carboxylic acids is 1. The molecule has 2 fully saturated rings. The van der Waals surface area contributed by atoms with E-state index in [0.717, 1.165) is 41.2 Å². The van der Waals surface area contributed by atoms with Crippen molar-refractivity contribution in [3.63, 3.8) is 0 Å². The van der Waals surface area contributed by atoms with E-state index >= 15 is 0 Å². The summed E-state index contributed by atoms with van der Waals surface area (Å²) in [6.07, 6.45) is 3.83. The summed E-state index contributed by atoms with van der Waals surface area (Å²) in [6.45, 7) is 7.79. The quantitative estimate of drug-likeness (QED) is 0.730. The van der Waals surface area contributed by atoms with Gasteiger partial charge in [0.2, 0.25) is 0 Å². The highest BCUT2D eigenvalue weighted by atomic mass is 16.6. The van der Waals surface area contributed by atoms with Gasteiger partial charge in [0.25, 0.3) is 0 Å². The van der Waals surface area contributed by atoms with Crippen molar-refractivity contribution < 1.29 is 14.6 Å². The molecular formula is C24H31NO3. The SMILES string of the molecule is Cc1ccc2ccccc2c1C1(O)CC2CCCC(C1)N2C(=O)OC(C)(C)C. The van der Waals surface area contributed by atoms with E-state index in [0.29, 0.717) is 12.8 Å². The highest BCUT2D eigenvalue weighted by molar-refractivity contribution is 5.87. The van der Waals surface area contributed by atoms with Gasteiger partial charge in [-0.15, -0.1) is 0 Å². The maximum Gasteiger partial charge on any atom is 0.410 e. The van der Waals surface area contributed by atoms with Crippen molar-refractivity contribution in [1.82, 2.24) is 4.90 Å². The van der Waals surface area contributed by atoms with Gasteiger partial charge >= 0.3 is 6.09 Å². The average molecular weight is 382 g/mol. The minimum atomic E-state index is -0.917. The van der Waals surface area contributed by atoms with Gasteiger partial charge in [0.05, 0.1) is 5.60 Å². The zero-order valence-corrected chi connectivity index (χ0v) is 17.4. The summed E-state index contributed by atoms with van der Waals surface area (Å²) in [5.74, 6) is 0. The van der Waals surface area contributed by atoms with E-state index in [2.05, 4.69) is 31.2 Å². The van der Waals surface area contributed by atoms with Crippen LogP contribution in [0.2, 0.25) is 0 Å². The van der Waals surface area contributed by atoms with Crippen LogP contribution in [0.15, 0.2) is 36.4 Å². The van der Waals surface area contributed by atoms with Crippen molar-refractivity contribution in [2.75, 3.05) is 0 Å². The molecule has 1 N–H and O–H groups in total. The molecule has 0 aliphatic carbocycles. The average Bonchev–Trinajstić information content (AvgIpc) is 2.59. The Kier molecular flexibility index (Phi) is 4.65. The van der Waals surface area contributed by atoms with Gasteiger partial charge in [-0.2, -0.15) is 0 Å². The molecule has 2 saturated heterocycles. The molecule has 2 aliphatic heterocycles. The molecule has 0 saturated carbocycles. The summed E-state index contributed by atoms with van der Waals surface area (Å²) in [4.78, 5) is 14.8. The first-order valence-corrected chi connectivity index (χ1v) is 10.4. The summed E-state index contributed by atoms with van der Waals surface area (Å²) in [5.41, 5.74) is 0.723. The topological polar surface area (TPSA) is 49.8 Å². The molecule has 0 spiro atoms. The number of hydrogen-bond acceptors (Lipinski definition) is 3. The Morgan fingerprint density at radius 2 is 1.75 bits per heavy atom. The molecule has 0 radical (unpaired) electrons. The summed E-state index contributed by atoms with van der Waals surface area (Å²) in [7, 11) is 0. The van der Waals surface area contributed by atoms with Crippen LogP contribution in [0.4, 0.5) is 4.79 Å². The number of aliphatic hydroxyl groups is 1. The zero-order valence-electron chi connectivity index (χ0n) is 17.4. The number of carbonyl (C=O) groups is 1. The molecule has 2 aromatic carbocycles. The van der Waals surface area contributed by atoms with E-state index in [1.165, 1.54) is 0 Å². The third-order valence-corrected chi connectivity index (χ3v) is 6.22. The maximum atomic E-state index is 12.9. The van der Waals surface area contributed by atoms with Gasteiger partial charge in [0, 0.05) is 24.9 Å². The van der Waals surface area contributed by atoms with Gasteiger partial charge in [-0.05, 0) is 68.9 Å². The number of ether oxygens (including phenoxy) is 1. The smallest absolute Gasteiger partial charge is 0.410 e. The van der Waals surface area contributed by atoms with Crippen molar-refractivity contribution in [3.05, 3.63) is 47.5 Å². The van der Waals surface area contributed by atoms with E-state index in [-0.39, 0.29) is 18.2 Å². The molecule has 150 valence electrons. The molecule has 2 heterocycles. The fourth-order valence-electron chi connectivity index (χ4n) is 5.24. The van der Waals surface area contributed by atoms with Crippen LogP contribution in [-0.4, -0.2) is 33.8 Å². The van der Waals surface area contributed by atoms with Crippen LogP contribution >= 0.6 is 0 Å². The van der Waals surface area contributed by atoms with Gasteiger partial charge < -0.3 is 14.7 Å². The van der Waals surface area contributed by atoms with Crippen LogP contribution in [0, 0.1) is 6.92 Å². The van der Waals surface area contributed by atoms with Gasteiger partial charge in [-0.25, -0.2) is 4.79 Å². The highest BCUT2D eigenvalue weighted by Crippen LogP contribution is 2.47. The van der Waals surface area contributed by atoms with Crippen LogP contribution < -0.4 is 0 Å². The van der Waals surface area contributed by atoms with Crippen molar-refractivity contribution >= 4 is 16.9 Å². The Morgan fingerprint density at radius 3 is 2.39 bits per heavy atom. The lowest BCUT2D eigenvalue weighted by Gasteiger charge is -2.52. The second kappa shape index (κ2) is 6.77. The minimum absolute atomic E-state index is 0.0192. The Labute approximate surface area is 167 Å². The second-order valence-electron chi connectivity index (χ2n) is 9.54. The summed E-state index contributed by atoms with van der Waals surface area (Å²) in [5, 5.41) is 14.1. The monoisotopic (exact) mass is 381 g/mol. The standard InChI is InChI=1S/C24H31NO3/c1-16-12-13-17-8-5-6-11-20(17)21(16)24(27)14-18-9-7-10-19(15-24)25(18)22(26)28-23(2,3)4/h5-6,8,11-13,18-19,27H,7,9-10,14-15H2,1-4H3. The molecule has 2 aliphatic rings. The number of fused-ring (bicyclic) bond motifs is 3. The van der Waals surface area contributed by atoms with E-state index in [4.69, 9.17) is 4.74 Å². The van der Waals surface area contributed by atoms with Crippen LogP contribution in [0.5, 0.6) is 0 Å². The number of hydrogen-bond donors (Lipinski definition) is 1. The largest absolute Gasteiger partial charge is 0.444 e. The lowest BCUT2D eigenvalue weighted by molar-refractivity contribution is -0.0960. The molecule has 2 aromatic rings. The molecule has 4 nitrogen and oxygen atoms in total. The van der Waals surface area contributed by atoms with E-state index in [1.807, 2.05) is 37.8 Å². The van der Waals surface area contributed by atoms with E-state index < -0.39 is 11.2 Å². The number of benzene rings is 2. The van der Waals surface area contributed by atoms with Crippen LogP contribution in [0.25, 0.3) is 10.8 Å². The van der Waals surface area contributed by atoms with Crippen molar-refractivity contribution in [3.8, 4) is 0 Å².